The highest BCUT2D eigenvalue weighted by molar-refractivity contribution is 6.17. The lowest BCUT2D eigenvalue weighted by Crippen LogP contribution is -2.44. The minimum absolute atomic E-state index is 0.137. The molecule has 0 spiro atoms. The van der Waals surface area contributed by atoms with Gasteiger partial charge in [0.15, 0.2) is 0 Å². The van der Waals surface area contributed by atoms with Crippen LogP contribution >= 0.6 is 11.6 Å². The van der Waals surface area contributed by atoms with Crippen molar-refractivity contribution in [3.05, 3.63) is 35.4 Å². The van der Waals surface area contributed by atoms with E-state index in [4.69, 9.17) is 11.6 Å². The van der Waals surface area contributed by atoms with E-state index in [2.05, 4.69) is 19.0 Å². The predicted molar refractivity (Wildman–Crippen MR) is 78.6 cm³/mol. The molecule has 0 saturated carbocycles. The first-order valence-corrected chi connectivity index (χ1v) is 7.26. The van der Waals surface area contributed by atoms with Crippen LogP contribution in [0.25, 0.3) is 0 Å². The van der Waals surface area contributed by atoms with Crippen molar-refractivity contribution in [1.82, 2.24) is 9.80 Å². The maximum absolute atomic E-state index is 12.4. The third-order valence-corrected chi connectivity index (χ3v) is 4.15. The second-order valence-electron chi connectivity index (χ2n) is 5.32. The van der Waals surface area contributed by atoms with E-state index in [-0.39, 0.29) is 5.91 Å². The molecule has 0 atom stereocenters. The number of carbonyl (C=O) groups excluding carboxylic acids is 1. The van der Waals surface area contributed by atoms with E-state index in [1.165, 1.54) is 0 Å². The topological polar surface area (TPSA) is 23.6 Å². The summed E-state index contributed by atoms with van der Waals surface area (Å²) in [5, 5.41) is 0. The van der Waals surface area contributed by atoms with Gasteiger partial charge >= 0.3 is 0 Å². The molecule has 0 aliphatic carbocycles. The summed E-state index contributed by atoms with van der Waals surface area (Å²) in [6, 6.07) is 8.19. The van der Waals surface area contributed by atoms with E-state index in [1.807, 2.05) is 29.2 Å². The Kier molecular flexibility index (Phi) is 4.83. The van der Waals surface area contributed by atoms with Crippen LogP contribution in [-0.4, -0.2) is 48.9 Å². The van der Waals surface area contributed by atoms with Crippen molar-refractivity contribution >= 4 is 17.5 Å². The number of hydrogen-bond donors (Lipinski definition) is 0. The first-order valence-electron chi connectivity index (χ1n) is 6.72. The van der Waals surface area contributed by atoms with E-state index in [0.29, 0.717) is 11.9 Å². The molecule has 4 heteroatoms. The summed E-state index contributed by atoms with van der Waals surface area (Å²) in [5.41, 5.74) is 1.81. The van der Waals surface area contributed by atoms with Gasteiger partial charge in [-0.15, -0.1) is 11.6 Å². The van der Waals surface area contributed by atoms with Gasteiger partial charge in [0, 0.05) is 30.6 Å². The lowest BCUT2D eigenvalue weighted by atomic mass is 10.0. The molecule has 1 heterocycles. The number of nitrogens with zero attached hydrogens (tertiary/aromatic N) is 2. The highest BCUT2D eigenvalue weighted by atomic mass is 35.5. The number of benzene rings is 1. The number of piperidine rings is 1. The monoisotopic (exact) mass is 280 g/mol. The third kappa shape index (κ3) is 3.48. The van der Waals surface area contributed by atoms with Gasteiger partial charge in [0.1, 0.15) is 0 Å². The second-order valence-corrected chi connectivity index (χ2v) is 5.58. The summed E-state index contributed by atoms with van der Waals surface area (Å²) in [5.74, 6) is 0.626. The molecular weight excluding hydrogens is 260 g/mol. The smallest absolute Gasteiger partial charge is 0.253 e. The van der Waals surface area contributed by atoms with E-state index in [1.54, 1.807) is 0 Å². The highest BCUT2D eigenvalue weighted by Crippen LogP contribution is 2.17. The van der Waals surface area contributed by atoms with Gasteiger partial charge in [0.25, 0.3) is 5.91 Å². The van der Waals surface area contributed by atoms with E-state index >= 15 is 0 Å². The lowest BCUT2D eigenvalue weighted by Gasteiger charge is -2.35. The normalized spacial score (nSPS) is 16.9. The molecule has 2 rings (SSSR count). The van der Waals surface area contributed by atoms with Gasteiger partial charge in [-0.1, -0.05) is 12.1 Å². The number of carbonyl (C=O) groups is 1. The molecule has 1 saturated heterocycles. The van der Waals surface area contributed by atoms with Gasteiger partial charge in [-0.25, -0.2) is 0 Å². The van der Waals surface area contributed by atoms with Crippen LogP contribution in [0.1, 0.15) is 28.8 Å². The largest absolute Gasteiger partial charge is 0.339 e. The zero-order valence-electron chi connectivity index (χ0n) is 11.6. The van der Waals surface area contributed by atoms with E-state index in [9.17, 15) is 4.79 Å². The summed E-state index contributed by atoms with van der Waals surface area (Å²) in [6.07, 6.45) is 2.11. The molecule has 0 bridgehead atoms. The van der Waals surface area contributed by atoms with E-state index < -0.39 is 0 Å². The Hall–Kier alpha value is -1.06. The van der Waals surface area contributed by atoms with Gasteiger partial charge in [-0.2, -0.15) is 0 Å². The summed E-state index contributed by atoms with van der Waals surface area (Å²) in [7, 11) is 4.21. The van der Waals surface area contributed by atoms with Gasteiger partial charge < -0.3 is 9.80 Å². The zero-order valence-corrected chi connectivity index (χ0v) is 12.4. The van der Waals surface area contributed by atoms with Gasteiger partial charge in [0.05, 0.1) is 0 Å². The van der Waals surface area contributed by atoms with Crippen LogP contribution in [0.2, 0.25) is 0 Å². The number of halogens is 1. The molecule has 104 valence electrons. The minimum atomic E-state index is 0.137. The fourth-order valence-electron chi connectivity index (χ4n) is 2.50. The van der Waals surface area contributed by atoms with Gasteiger partial charge in [-0.3, -0.25) is 4.79 Å². The number of hydrogen-bond acceptors (Lipinski definition) is 2. The van der Waals surface area contributed by atoms with Crippen molar-refractivity contribution in [3.63, 3.8) is 0 Å². The summed E-state index contributed by atoms with van der Waals surface area (Å²) >= 11 is 5.75. The minimum Gasteiger partial charge on any atom is -0.339 e. The molecule has 1 fully saturated rings. The van der Waals surface area contributed by atoms with Crippen LogP contribution in [0.3, 0.4) is 0 Å². The number of amides is 1. The molecule has 1 aromatic rings. The lowest BCUT2D eigenvalue weighted by molar-refractivity contribution is 0.0663. The molecule has 1 aliphatic rings. The van der Waals surface area contributed by atoms with Crippen LogP contribution in [0.4, 0.5) is 0 Å². The number of likely N-dealkylation sites (tertiary alicyclic amines) is 1. The van der Waals surface area contributed by atoms with Gasteiger partial charge in [0.2, 0.25) is 0 Å². The zero-order chi connectivity index (χ0) is 13.8. The SMILES string of the molecule is CN(C)C1CCN(C(=O)c2ccc(CCl)cc2)CC1. The number of alkyl halides is 1. The average Bonchev–Trinajstić information content (AvgIpc) is 2.46. The fraction of sp³-hybridized carbons (Fsp3) is 0.533. The predicted octanol–water partition coefficient (Wildman–Crippen LogP) is 2.59. The van der Waals surface area contributed by atoms with Crippen LogP contribution in [0, 0.1) is 0 Å². The summed E-state index contributed by atoms with van der Waals surface area (Å²) < 4.78 is 0. The van der Waals surface area contributed by atoms with Crippen LogP contribution in [-0.2, 0) is 5.88 Å². The average molecular weight is 281 g/mol. The molecule has 1 aromatic carbocycles. The standard InChI is InChI=1S/C15H21ClN2O/c1-17(2)14-7-9-18(10-8-14)15(19)13-5-3-12(11-16)4-6-13/h3-6,14H,7-11H2,1-2H3. The van der Waals surface area contributed by atoms with Crippen molar-refractivity contribution in [2.45, 2.75) is 24.8 Å². The molecule has 0 N–H and O–H groups in total. The maximum Gasteiger partial charge on any atom is 0.253 e. The molecule has 0 unspecified atom stereocenters. The van der Waals surface area contributed by atoms with Crippen molar-refractivity contribution < 1.29 is 4.79 Å². The molecular formula is C15H21ClN2O. The first kappa shape index (κ1) is 14.4. The quantitative estimate of drug-likeness (QED) is 0.795. The van der Waals surface area contributed by atoms with E-state index in [0.717, 1.165) is 37.1 Å². The second kappa shape index (κ2) is 6.40. The van der Waals surface area contributed by atoms with Gasteiger partial charge in [-0.05, 0) is 44.6 Å². The Balaban J connectivity index is 1.97. The van der Waals surface area contributed by atoms with Crippen LogP contribution in [0.15, 0.2) is 24.3 Å². The molecule has 3 nitrogen and oxygen atoms in total. The Bertz CT molecular complexity index is 422. The maximum atomic E-state index is 12.4. The fourth-order valence-corrected chi connectivity index (χ4v) is 2.68. The molecule has 1 amide bonds. The highest BCUT2D eigenvalue weighted by Gasteiger charge is 2.24. The Morgan fingerprint density at radius 2 is 1.84 bits per heavy atom. The summed E-state index contributed by atoms with van der Waals surface area (Å²) in [4.78, 5) is 16.6. The Labute approximate surface area is 120 Å². The molecule has 19 heavy (non-hydrogen) atoms. The van der Waals surface area contributed by atoms with Crippen molar-refractivity contribution in [1.29, 1.82) is 0 Å². The van der Waals surface area contributed by atoms with Crippen molar-refractivity contribution in [2.24, 2.45) is 0 Å². The summed E-state index contributed by atoms with van der Waals surface area (Å²) in [6.45, 7) is 1.69. The Morgan fingerprint density at radius 3 is 2.32 bits per heavy atom. The molecule has 1 aliphatic heterocycles. The Morgan fingerprint density at radius 1 is 1.26 bits per heavy atom. The third-order valence-electron chi connectivity index (χ3n) is 3.84. The first-order chi connectivity index (χ1) is 9.11. The molecule has 0 aromatic heterocycles. The van der Waals surface area contributed by atoms with Crippen molar-refractivity contribution in [2.75, 3.05) is 27.2 Å². The van der Waals surface area contributed by atoms with Crippen molar-refractivity contribution in [3.8, 4) is 0 Å². The van der Waals surface area contributed by atoms with Crippen LogP contribution in [0.5, 0.6) is 0 Å². The molecule has 0 radical (unpaired) electrons. The van der Waals surface area contributed by atoms with Crippen LogP contribution < -0.4 is 0 Å². The number of rotatable bonds is 3.